The summed E-state index contributed by atoms with van der Waals surface area (Å²) >= 11 is 0. The second-order valence-corrected chi connectivity index (χ2v) is 7.95. The summed E-state index contributed by atoms with van der Waals surface area (Å²) < 4.78 is 0. The highest BCUT2D eigenvalue weighted by Crippen LogP contribution is 2.23. The van der Waals surface area contributed by atoms with Gasteiger partial charge in [-0.3, -0.25) is 0 Å². The molecule has 150 valence electrons. The lowest BCUT2D eigenvalue weighted by molar-refractivity contribution is 0.208. The number of rotatable bonds is 5. The summed E-state index contributed by atoms with van der Waals surface area (Å²) in [6.07, 6.45) is 3.51. The van der Waals surface area contributed by atoms with Crippen molar-refractivity contribution in [1.82, 2.24) is 4.90 Å². The second-order valence-electron chi connectivity index (χ2n) is 7.95. The number of carbonyl (C=O) groups excluding carboxylic acids is 1. The average Bonchev–Trinajstić information content (AvgIpc) is 2.68. The van der Waals surface area contributed by atoms with Crippen molar-refractivity contribution in [3.63, 3.8) is 0 Å². The number of urea groups is 1. The standard InChI is InChI=1S/C24H33N3O/c1-5-6-7-21-9-10-22(19(3)17-21)25-24(28)27-14-12-26(13-15-27)23-11-8-18(2)16-20(23)4/h8-11,16-17H,5-7,12-15H2,1-4H3,(H,25,28). The molecule has 4 nitrogen and oxygen atoms in total. The van der Waals surface area contributed by atoms with Crippen LogP contribution in [0.3, 0.4) is 0 Å². The number of anilines is 2. The molecule has 2 aromatic carbocycles. The Bertz CT molecular complexity index is 823. The van der Waals surface area contributed by atoms with Crippen molar-refractivity contribution in [3.05, 3.63) is 58.7 Å². The summed E-state index contributed by atoms with van der Waals surface area (Å²) in [5.41, 5.74) is 7.27. The highest BCUT2D eigenvalue weighted by Gasteiger charge is 2.22. The molecule has 2 amide bonds. The minimum atomic E-state index is 0.00434. The molecular formula is C24H33N3O. The molecule has 0 atom stereocenters. The van der Waals surface area contributed by atoms with Gasteiger partial charge in [0.15, 0.2) is 0 Å². The third-order valence-corrected chi connectivity index (χ3v) is 5.61. The summed E-state index contributed by atoms with van der Waals surface area (Å²) in [5.74, 6) is 0. The zero-order valence-corrected chi connectivity index (χ0v) is 17.7. The Morgan fingerprint density at radius 2 is 1.71 bits per heavy atom. The molecular weight excluding hydrogens is 346 g/mol. The zero-order chi connectivity index (χ0) is 20.1. The fourth-order valence-electron chi connectivity index (χ4n) is 3.91. The van der Waals surface area contributed by atoms with Gasteiger partial charge in [0, 0.05) is 37.6 Å². The molecule has 0 spiro atoms. The first-order valence-electron chi connectivity index (χ1n) is 10.5. The van der Waals surface area contributed by atoms with Crippen LogP contribution in [-0.4, -0.2) is 37.1 Å². The van der Waals surface area contributed by atoms with Gasteiger partial charge in [-0.25, -0.2) is 4.79 Å². The van der Waals surface area contributed by atoms with Crippen LogP contribution in [0.15, 0.2) is 36.4 Å². The molecule has 0 saturated carbocycles. The number of nitrogens with zero attached hydrogens (tertiary/aromatic N) is 2. The van der Waals surface area contributed by atoms with E-state index < -0.39 is 0 Å². The summed E-state index contributed by atoms with van der Waals surface area (Å²) in [7, 11) is 0. The monoisotopic (exact) mass is 379 g/mol. The molecule has 1 saturated heterocycles. The van der Waals surface area contributed by atoms with E-state index >= 15 is 0 Å². The third kappa shape index (κ3) is 4.86. The Hall–Kier alpha value is -2.49. The first-order chi connectivity index (χ1) is 13.5. The normalized spacial score (nSPS) is 14.3. The topological polar surface area (TPSA) is 35.6 Å². The molecule has 0 aliphatic carbocycles. The third-order valence-electron chi connectivity index (χ3n) is 5.61. The number of amides is 2. The van der Waals surface area contributed by atoms with Gasteiger partial charge in [0.2, 0.25) is 0 Å². The van der Waals surface area contributed by atoms with Crippen LogP contribution in [0, 0.1) is 20.8 Å². The number of aryl methyl sites for hydroxylation is 4. The molecule has 1 heterocycles. The largest absolute Gasteiger partial charge is 0.368 e. The van der Waals surface area contributed by atoms with Crippen molar-refractivity contribution in [2.45, 2.75) is 47.0 Å². The van der Waals surface area contributed by atoms with Crippen LogP contribution in [0.5, 0.6) is 0 Å². The van der Waals surface area contributed by atoms with Crippen molar-refractivity contribution in [2.75, 3.05) is 36.4 Å². The minimum absolute atomic E-state index is 0.00434. The smallest absolute Gasteiger partial charge is 0.321 e. The van der Waals surface area contributed by atoms with E-state index in [1.165, 1.54) is 35.2 Å². The molecule has 0 bridgehead atoms. The highest BCUT2D eigenvalue weighted by molar-refractivity contribution is 5.90. The maximum absolute atomic E-state index is 12.7. The van der Waals surface area contributed by atoms with E-state index in [-0.39, 0.29) is 6.03 Å². The van der Waals surface area contributed by atoms with Crippen LogP contribution in [0.2, 0.25) is 0 Å². The van der Waals surface area contributed by atoms with Gasteiger partial charge in [-0.2, -0.15) is 0 Å². The second kappa shape index (κ2) is 9.13. The Balaban J connectivity index is 1.56. The predicted octanol–water partition coefficient (Wildman–Crippen LogP) is 5.31. The predicted molar refractivity (Wildman–Crippen MR) is 119 cm³/mol. The molecule has 4 heteroatoms. The first kappa shape index (κ1) is 20.2. The maximum Gasteiger partial charge on any atom is 0.321 e. The lowest BCUT2D eigenvalue weighted by Gasteiger charge is -2.37. The molecule has 28 heavy (non-hydrogen) atoms. The van der Waals surface area contributed by atoms with Crippen LogP contribution in [-0.2, 0) is 6.42 Å². The van der Waals surface area contributed by atoms with E-state index in [2.05, 4.69) is 68.2 Å². The van der Waals surface area contributed by atoms with E-state index in [1.807, 2.05) is 11.0 Å². The van der Waals surface area contributed by atoms with E-state index in [4.69, 9.17) is 0 Å². The maximum atomic E-state index is 12.7. The zero-order valence-electron chi connectivity index (χ0n) is 17.7. The van der Waals surface area contributed by atoms with Crippen molar-refractivity contribution >= 4 is 17.4 Å². The summed E-state index contributed by atoms with van der Waals surface area (Å²) in [5, 5.41) is 3.11. The van der Waals surface area contributed by atoms with Crippen LogP contribution < -0.4 is 10.2 Å². The molecule has 1 fully saturated rings. The van der Waals surface area contributed by atoms with E-state index in [1.54, 1.807) is 0 Å². The summed E-state index contributed by atoms with van der Waals surface area (Å²) in [6.45, 7) is 11.8. The Morgan fingerprint density at radius 3 is 2.36 bits per heavy atom. The van der Waals surface area contributed by atoms with Crippen molar-refractivity contribution < 1.29 is 4.79 Å². The molecule has 1 aliphatic rings. The Labute approximate surface area is 169 Å². The molecule has 0 unspecified atom stereocenters. The lowest BCUT2D eigenvalue weighted by Crippen LogP contribution is -2.50. The van der Waals surface area contributed by atoms with Crippen LogP contribution in [0.1, 0.15) is 42.0 Å². The van der Waals surface area contributed by atoms with Crippen LogP contribution >= 0.6 is 0 Å². The average molecular weight is 380 g/mol. The molecule has 1 N–H and O–H groups in total. The Morgan fingerprint density at radius 1 is 0.964 bits per heavy atom. The number of hydrogen-bond donors (Lipinski definition) is 1. The lowest BCUT2D eigenvalue weighted by atomic mass is 10.0. The first-order valence-corrected chi connectivity index (χ1v) is 10.5. The summed E-state index contributed by atoms with van der Waals surface area (Å²) in [6, 6.07) is 13.0. The molecule has 3 rings (SSSR count). The number of carbonyl (C=O) groups is 1. The van der Waals surface area contributed by atoms with Gasteiger partial charge in [-0.05, 0) is 62.4 Å². The van der Waals surface area contributed by atoms with Crippen LogP contribution in [0.4, 0.5) is 16.2 Å². The van der Waals surface area contributed by atoms with E-state index in [9.17, 15) is 4.79 Å². The van der Waals surface area contributed by atoms with Crippen LogP contribution in [0.25, 0.3) is 0 Å². The molecule has 0 aromatic heterocycles. The van der Waals surface area contributed by atoms with Gasteiger partial charge < -0.3 is 15.1 Å². The highest BCUT2D eigenvalue weighted by atomic mass is 16.2. The number of piperazine rings is 1. The van der Waals surface area contributed by atoms with Gasteiger partial charge in [0.25, 0.3) is 0 Å². The SMILES string of the molecule is CCCCc1ccc(NC(=O)N2CCN(c3ccc(C)cc3C)CC2)c(C)c1. The fourth-order valence-corrected chi connectivity index (χ4v) is 3.91. The number of benzene rings is 2. The van der Waals surface area contributed by atoms with E-state index in [0.29, 0.717) is 0 Å². The van der Waals surface area contributed by atoms with Crippen molar-refractivity contribution in [3.8, 4) is 0 Å². The van der Waals surface area contributed by atoms with E-state index in [0.717, 1.165) is 43.9 Å². The molecule has 0 radical (unpaired) electrons. The number of unbranched alkanes of at least 4 members (excludes halogenated alkanes) is 1. The van der Waals surface area contributed by atoms with Gasteiger partial charge in [0.05, 0.1) is 0 Å². The minimum Gasteiger partial charge on any atom is -0.368 e. The Kier molecular flexibility index (Phi) is 6.61. The number of hydrogen-bond acceptors (Lipinski definition) is 2. The summed E-state index contributed by atoms with van der Waals surface area (Å²) in [4.78, 5) is 17.0. The molecule has 2 aromatic rings. The van der Waals surface area contributed by atoms with Gasteiger partial charge in [0.1, 0.15) is 0 Å². The quantitative estimate of drug-likeness (QED) is 0.764. The van der Waals surface area contributed by atoms with Gasteiger partial charge in [-0.1, -0.05) is 43.2 Å². The fraction of sp³-hybridized carbons (Fsp3) is 0.458. The van der Waals surface area contributed by atoms with Gasteiger partial charge >= 0.3 is 6.03 Å². The number of nitrogens with one attached hydrogen (secondary N) is 1. The van der Waals surface area contributed by atoms with Crippen molar-refractivity contribution in [2.24, 2.45) is 0 Å². The van der Waals surface area contributed by atoms with Gasteiger partial charge in [-0.15, -0.1) is 0 Å². The molecule has 1 aliphatic heterocycles. The van der Waals surface area contributed by atoms with Crippen molar-refractivity contribution in [1.29, 1.82) is 0 Å².